The van der Waals surface area contributed by atoms with Crippen molar-refractivity contribution < 1.29 is 9.16 Å². The minimum Gasteiger partial charge on any atom is -0.417 e. The summed E-state index contributed by atoms with van der Waals surface area (Å²) < 4.78 is 12.3. The largest absolute Gasteiger partial charge is 0.417 e. The Morgan fingerprint density at radius 3 is 2.07 bits per heavy atom. The summed E-state index contributed by atoms with van der Waals surface area (Å²) >= 11 is 0. The van der Waals surface area contributed by atoms with Crippen LogP contribution in [0.25, 0.3) is 0 Å². The molecule has 0 radical (unpaired) electrons. The zero-order chi connectivity index (χ0) is 21.9. The highest BCUT2D eigenvalue weighted by atomic mass is 28.4. The number of hydrogen-bond donors (Lipinski definition) is 0. The van der Waals surface area contributed by atoms with Crippen LogP contribution in [0.15, 0.2) is 18.2 Å². The first kappa shape index (κ1) is 24.6. The molecule has 0 heterocycles. The molecule has 2 rings (SSSR count). The quantitative estimate of drug-likeness (QED) is 0.301. The fourth-order valence-electron chi connectivity index (χ4n) is 3.94. The van der Waals surface area contributed by atoms with Gasteiger partial charge in [0.15, 0.2) is 8.32 Å². The molecule has 0 unspecified atom stereocenters. The lowest BCUT2D eigenvalue weighted by Crippen LogP contribution is -2.40. The van der Waals surface area contributed by atoms with Crippen molar-refractivity contribution in [3.05, 3.63) is 34.9 Å². The van der Waals surface area contributed by atoms with E-state index in [1.807, 2.05) is 0 Å². The zero-order valence-corrected chi connectivity index (χ0v) is 21.7. The first-order valence-corrected chi connectivity index (χ1v) is 14.5. The Morgan fingerprint density at radius 2 is 1.45 bits per heavy atom. The van der Waals surface area contributed by atoms with E-state index in [9.17, 15) is 0 Å². The summed E-state index contributed by atoms with van der Waals surface area (Å²) in [6.45, 7) is 23.6. The van der Waals surface area contributed by atoms with Gasteiger partial charge in [-0.1, -0.05) is 66.7 Å². The molecule has 2 nitrogen and oxygen atoms in total. The molecule has 0 saturated heterocycles. The molecule has 0 spiro atoms. The fourth-order valence-corrected chi connectivity index (χ4v) is 5.03. The van der Waals surface area contributed by atoms with E-state index in [2.05, 4.69) is 79.8 Å². The molecule has 1 aromatic rings. The number of fused-ring (bicyclic) bond motifs is 1. The molecule has 0 saturated carbocycles. The Balaban J connectivity index is 1.73. The van der Waals surface area contributed by atoms with Crippen LogP contribution in [-0.2, 0) is 26.6 Å². The first-order valence-electron chi connectivity index (χ1n) is 11.6. The zero-order valence-electron chi connectivity index (χ0n) is 20.7. The van der Waals surface area contributed by atoms with Gasteiger partial charge in [-0.25, -0.2) is 0 Å². The number of benzene rings is 1. The van der Waals surface area contributed by atoms with Crippen molar-refractivity contribution in [2.75, 3.05) is 13.2 Å². The molecule has 3 heteroatoms. The third-order valence-electron chi connectivity index (χ3n) is 7.39. The molecule has 0 aromatic heterocycles. The molecule has 0 fully saturated rings. The summed E-state index contributed by atoms with van der Waals surface area (Å²) in [6.07, 6.45) is 5.96. The van der Waals surface area contributed by atoms with Crippen molar-refractivity contribution in [3.63, 3.8) is 0 Å². The Labute approximate surface area is 181 Å². The van der Waals surface area contributed by atoms with Gasteiger partial charge in [0, 0.05) is 13.2 Å². The molecule has 0 aliphatic heterocycles. The molecule has 29 heavy (non-hydrogen) atoms. The van der Waals surface area contributed by atoms with Gasteiger partial charge in [0.2, 0.25) is 0 Å². The number of rotatable bonds is 9. The van der Waals surface area contributed by atoms with E-state index in [0.717, 1.165) is 32.7 Å². The van der Waals surface area contributed by atoms with Crippen molar-refractivity contribution in [1.29, 1.82) is 0 Å². The molecule has 0 amide bonds. The van der Waals surface area contributed by atoms with Gasteiger partial charge in [0.25, 0.3) is 0 Å². The summed E-state index contributed by atoms with van der Waals surface area (Å²) in [5.74, 6) is 0. The average Bonchev–Trinajstić information content (AvgIpc) is 2.60. The Bertz CT molecular complexity index is 668. The van der Waals surface area contributed by atoms with Gasteiger partial charge in [-0.3, -0.25) is 0 Å². The monoisotopic (exact) mass is 418 g/mol. The third-order valence-corrected chi connectivity index (χ3v) is 11.9. The maximum Gasteiger partial charge on any atom is 0.191 e. The first-order chi connectivity index (χ1) is 13.3. The molecule has 1 aliphatic rings. The number of ether oxygens (including phenoxy) is 1. The molecule has 0 bridgehead atoms. The lowest BCUT2D eigenvalue weighted by atomic mass is 9.63. The minimum absolute atomic E-state index is 0.269. The lowest BCUT2D eigenvalue weighted by molar-refractivity contribution is 0.115. The second kappa shape index (κ2) is 9.24. The second-order valence-corrected chi connectivity index (χ2v) is 16.7. The highest BCUT2D eigenvalue weighted by Crippen LogP contribution is 2.46. The smallest absolute Gasteiger partial charge is 0.191 e. The van der Waals surface area contributed by atoms with Gasteiger partial charge in [-0.05, 0) is 77.8 Å². The van der Waals surface area contributed by atoms with Crippen LogP contribution in [0.1, 0.15) is 97.3 Å². The van der Waals surface area contributed by atoms with Crippen molar-refractivity contribution in [2.24, 2.45) is 0 Å². The molecule has 1 aromatic carbocycles. The highest BCUT2D eigenvalue weighted by Gasteiger charge is 2.37. The third kappa shape index (κ3) is 6.42. The van der Waals surface area contributed by atoms with E-state index < -0.39 is 8.32 Å². The molecule has 0 atom stereocenters. The SMILES string of the molecule is CC1(C)CCC(C)(C)c2cc(COCCCCCO[Si](C)(C)C(C)(C)C)ccc21. The summed E-state index contributed by atoms with van der Waals surface area (Å²) in [7, 11) is -1.59. The normalized spacial score (nSPS) is 18.5. The van der Waals surface area contributed by atoms with Crippen molar-refractivity contribution in [3.8, 4) is 0 Å². The van der Waals surface area contributed by atoms with Gasteiger partial charge in [-0.15, -0.1) is 0 Å². The lowest BCUT2D eigenvalue weighted by Gasteiger charge is -2.42. The van der Waals surface area contributed by atoms with E-state index in [1.54, 1.807) is 0 Å². The predicted molar refractivity (Wildman–Crippen MR) is 128 cm³/mol. The van der Waals surface area contributed by atoms with Crippen LogP contribution in [0.4, 0.5) is 0 Å². The number of hydrogen-bond acceptors (Lipinski definition) is 2. The summed E-state index contributed by atoms with van der Waals surface area (Å²) in [4.78, 5) is 0. The maximum atomic E-state index is 6.26. The van der Waals surface area contributed by atoms with Crippen LogP contribution in [0.5, 0.6) is 0 Å². The van der Waals surface area contributed by atoms with Gasteiger partial charge >= 0.3 is 0 Å². The van der Waals surface area contributed by atoms with Crippen LogP contribution < -0.4 is 0 Å². The number of unbranched alkanes of at least 4 members (excludes halogenated alkanes) is 2. The second-order valence-electron chi connectivity index (χ2n) is 11.9. The van der Waals surface area contributed by atoms with Crippen LogP contribution in [0.3, 0.4) is 0 Å². The Hall–Kier alpha value is -0.643. The van der Waals surface area contributed by atoms with E-state index in [1.165, 1.54) is 36.0 Å². The van der Waals surface area contributed by atoms with E-state index >= 15 is 0 Å². The standard InChI is InChI=1S/C26H46O2Si/c1-24(2,3)29(8,9)28-18-12-10-11-17-27-20-21-13-14-22-23(19-21)26(6,7)16-15-25(22,4)5/h13-14,19H,10-12,15-18,20H2,1-9H3. The van der Waals surface area contributed by atoms with Crippen molar-refractivity contribution >= 4 is 8.32 Å². The van der Waals surface area contributed by atoms with E-state index in [4.69, 9.17) is 9.16 Å². The molecule has 0 N–H and O–H groups in total. The van der Waals surface area contributed by atoms with Crippen LogP contribution in [-0.4, -0.2) is 21.5 Å². The molecular weight excluding hydrogens is 372 g/mol. The molecular formula is C26H46O2Si. The van der Waals surface area contributed by atoms with Crippen LogP contribution >= 0.6 is 0 Å². The summed E-state index contributed by atoms with van der Waals surface area (Å²) in [6, 6.07) is 7.03. The van der Waals surface area contributed by atoms with E-state index in [0.29, 0.717) is 5.04 Å². The summed E-state index contributed by atoms with van der Waals surface area (Å²) in [5.41, 5.74) is 4.93. The van der Waals surface area contributed by atoms with Crippen LogP contribution in [0, 0.1) is 0 Å². The van der Waals surface area contributed by atoms with Crippen LogP contribution in [0.2, 0.25) is 18.1 Å². The predicted octanol–water partition coefficient (Wildman–Crippen LogP) is 7.74. The van der Waals surface area contributed by atoms with Gasteiger partial charge < -0.3 is 9.16 Å². The topological polar surface area (TPSA) is 18.5 Å². The highest BCUT2D eigenvalue weighted by molar-refractivity contribution is 6.74. The van der Waals surface area contributed by atoms with Gasteiger partial charge in [0.1, 0.15) is 0 Å². The van der Waals surface area contributed by atoms with Crippen molar-refractivity contribution in [2.45, 2.75) is 116 Å². The van der Waals surface area contributed by atoms with E-state index in [-0.39, 0.29) is 10.8 Å². The summed E-state index contributed by atoms with van der Waals surface area (Å²) in [5, 5.41) is 0.300. The molecule has 1 aliphatic carbocycles. The minimum atomic E-state index is -1.59. The Kier molecular flexibility index (Phi) is 7.84. The van der Waals surface area contributed by atoms with Gasteiger partial charge in [-0.2, -0.15) is 0 Å². The fraction of sp³-hybridized carbons (Fsp3) is 0.769. The molecule has 166 valence electrons. The van der Waals surface area contributed by atoms with Crippen molar-refractivity contribution in [1.82, 2.24) is 0 Å². The van der Waals surface area contributed by atoms with Gasteiger partial charge in [0.05, 0.1) is 6.61 Å². The maximum absolute atomic E-state index is 6.26. The Morgan fingerprint density at radius 1 is 0.862 bits per heavy atom. The average molecular weight is 419 g/mol.